The van der Waals surface area contributed by atoms with Crippen LogP contribution < -0.4 is 9.64 Å². The van der Waals surface area contributed by atoms with Gasteiger partial charge in [-0.05, 0) is 42.8 Å². The van der Waals surface area contributed by atoms with E-state index in [1.807, 2.05) is 13.0 Å². The van der Waals surface area contributed by atoms with Crippen molar-refractivity contribution in [1.29, 1.82) is 0 Å². The largest absolute Gasteiger partial charge is 0.492 e. The lowest BCUT2D eigenvalue weighted by atomic mass is 10.2. The number of ether oxygens (including phenoxy) is 1. The molecule has 0 N–H and O–H groups in total. The summed E-state index contributed by atoms with van der Waals surface area (Å²) < 4.78 is 18.5. The third kappa shape index (κ3) is 3.31. The average molecular weight is 352 g/mol. The van der Waals surface area contributed by atoms with Crippen LogP contribution in [0.5, 0.6) is 5.75 Å². The molecular weight excluding hydrogens is 337 g/mol. The smallest absolute Gasteiger partial charge is 0.238 e. The molecule has 23 heavy (non-hydrogen) atoms. The molecular formula is C17H15ClFNO2S. The van der Waals surface area contributed by atoms with E-state index in [1.165, 1.54) is 23.9 Å². The first-order valence-corrected chi connectivity index (χ1v) is 8.64. The standard InChI is InChI=1S/C17H15ClFNO2S/c1-2-22-15-8-7-13(9-14(15)18)20-16(21)10-23-17(20)11-3-5-12(19)6-4-11/h3-9,17H,2,10H2,1H3. The molecule has 1 fully saturated rings. The number of rotatable bonds is 4. The van der Waals surface area contributed by atoms with Crippen molar-refractivity contribution in [3.8, 4) is 5.75 Å². The van der Waals surface area contributed by atoms with E-state index in [9.17, 15) is 9.18 Å². The van der Waals surface area contributed by atoms with Crippen LogP contribution in [0.3, 0.4) is 0 Å². The number of carbonyl (C=O) groups excluding carboxylic acids is 1. The summed E-state index contributed by atoms with van der Waals surface area (Å²) in [7, 11) is 0. The molecule has 0 spiro atoms. The molecule has 1 unspecified atom stereocenters. The molecule has 1 saturated heterocycles. The summed E-state index contributed by atoms with van der Waals surface area (Å²) in [4.78, 5) is 14.0. The Morgan fingerprint density at radius 3 is 2.70 bits per heavy atom. The highest BCUT2D eigenvalue weighted by Gasteiger charge is 2.34. The maximum atomic E-state index is 13.1. The Morgan fingerprint density at radius 1 is 1.30 bits per heavy atom. The van der Waals surface area contributed by atoms with E-state index in [4.69, 9.17) is 16.3 Å². The molecule has 3 rings (SSSR count). The van der Waals surface area contributed by atoms with Gasteiger partial charge >= 0.3 is 0 Å². The van der Waals surface area contributed by atoms with Crippen LogP contribution >= 0.6 is 23.4 Å². The van der Waals surface area contributed by atoms with E-state index in [0.717, 1.165) is 5.56 Å². The number of thioether (sulfide) groups is 1. The van der Waals surface area contributed by atoms with Crippen molar-refractivity contribution < 1.29 is 13.9 Å². The first-order valence-electron chi connectivity index (χ1n) is 7.21. The molecule has 1 heterocycles. The van der Waals surface area contributed by atoms with Crippen molar-refractivity contribution in [3.05, 3.63) is 58.9 Å². The first kappa shape index (κ1) is 16.1. The number of halogens is 2. The zero-order chi connectivity index (χ0) is 16.4. The minimum Gasteiger partial charge on any atom is -0.492 e. The summed E-state index contributed by atoms with van der Waals surface area (Å²) in [6.07, 6.45) is 0. The highest BCUT2D eigenvalue weighted by atomic mass is 35.5. The predicted octanol–water partition coefficient (Wildman–Crippen LogP) is 4.66. The highest BCUT2D eigenvalue weighted by molar-refractivity contribution is 8.00. The predicted molar refractivity (Wildman–Crippen MR) is 91.7 cm³/mol. The van der Waals surface area contributed by atoms with Crippen molar-refractivity contribution in [2.75, 3.05) is 17.3 Å². The Bertz CT molecular complexity index is 723. The highest BCUT2D eigenvalue weighted by Crippen LogP contribution is 2.43. The molecule has 0 saturated carbocycles. The monoisotopic (exact) mass is 351 g/mol. The fourth-order valence-electron chi connectivity index (χ4n) is 2.49. The summed E-state index contributed by atoms with van der Waals surface area (Å²) in [5.74, 6) is 0.686. The van der Waals surface area contributed by atoms with Crippen molar-refractivity contribution in [2.24, 2.45) is 0 Å². The molecule has 1 aliphatic rings. The molecule has 6 heteroatoms. The first-order chi connectivity index (χ1) is 11.1. The Hall–Kier alpha value is -1.72. The minimum atomic E-state index is -0.293. The van der Waals surface area contributed by atoms with Gasteiger partial charge in [-0.1, -0.05) is 23.7 Å². The second-order valence-electron chi connectivity index (χ2n) is 5.03. The number of hydrogen-bond acceptors (Lipinski definition) is 3. The molecule has 1 atom stereocenters. The Balaban J connectivity index is 1.94. The van der Waals surface area contributed by atoms with Gasteiger partial charge in [-0.2, -0.15) is 0 Å². The van der Waals surface area contributed by atoms with Crippen molar-refractivity contribution >= 4 is 35.0 Å². The van der Waals surface area contributed by atoms with Crippen LogP contribution in [-0.4, -0.2) is 18.3 Å². The number of nitrogens with zero attached hydrogens (tertiary/aromatic N) is 1. The number of benzene rings is 2. The number of amides is 1. The lowest BCUT2D eigenvalue weighted by molar-refractivity contribution is -0.115. The molecule has 3 nitrogen and oxygen atoms in total. The van der Waals surface area contributed by atoms with E-state index >= 15 is 0 Å². The fourth-order valence-corrected chi connectivity index (χ4v) is 3.90. The van der Waals surface area contributed by atoms with Crippen LogP contribution in [-0.2, 0) is 4.79 Å². The molecule has 1 amide bonds. The van der Waals surface area contributed by atoms with Gasteiger partial charge in [-0.25, -0.2) is 4.39 Å². The second-order valence-corrected chi connectivity index (χ2v) is 6.50. The topological polar surface area (TPSA) is 29.5 Å². The van der Waals surface area contributed by atoms with Gasteiger partial charge in [0.1, 0.15) is 16.9 Å². The van der Waals surface area contributed by atoms with Gasteiger partial charge < -0.3 is 4.74 Å². The van der Waals surface area contributed by atoms with Crippen molar-refractivity contribution in [3.63, 3.8) is 0 Å². The van der Waals surface area contributed by atoms with Gasteiger partial charge in [-0.3, -0.25) is 9.69 Å². The summed E-state index contributed by atoms with van der Waals surface area (Å²) >= 11 is 7.74. The van der Waals surface area contributed by atoms with Crippen molar-refractivity contribution in [2.45, 2.75) is 12.3 Å². The second kappa shape index (κ2) is 6.81. The van der Waals surface area contributed by atoms with Gasteiger partial charge in [-0.15, -0.1) is 11.8 Å². The van der Waals surface area contributed by atoms with Crippen LogP contribution in [0, 0.1) is 5.82 Å². The van der Waals surface area contributed by atoms with Crippen LogP contribution in [0.25, 0.3) is 0 Å². The van der Waals surface area contributed by atoms with Crippen LogP contribution in [0.15, 0.2) is 42.5 Å². The van der Waals surface area contributed by atoms with Crippen molar-refractivity contribution in [1.82, 2.24) is 0 Å². The molecule has 0 aliphatic carbocycles. The molecule has 2 aromatic rings. The van der Waals surface area contributed by atoms with Crippen LogP contribution in [0.2, 0.25) is 5.02 Å². The lowest BCUT2D eigenvalue weighted by Gasteiger charge is -2.25. The number of anilines is 1. The summed E-state index contributed by atoms with van der Waals surface area (Å²) in [6.45, 7) is 2.41. The van der Waals surface area contributed by atoms with Gasteiger partial charge in [0.25, 0.3) is 0 Å². The zero-order valence-corrected chi connectivity index (χ0v) is 14.0. The third-order valence-electron chi connectivity index (χ3n) is 3.52. The lowest BCUT2D eigenvalue weighted by Crippen LogP contribution is -2.27. The number of hydrogen-bond donors (Lipinski definition) is 0. The maximum absolute atomic E-state index is 13.1. The maximum Gasteiger partial charge on any atom is 0.238 e. The quantitative estimate of drug-likeness (QED) is 0.802. The van der Waals surface area contributed by atoms with E-state index < -0.39 is 0 Å². The van der Waals surface area contributed by atoms with Crippen LogP contribution in [0.4, 0.5) is 10.1 Å². The summed E-state index contributed by atoms with van der Waals surface area (Å²) in [5.41, 5.74) is 1.59. The van der Waals surface area contributed by atoms with E-state index in [1.54, 1.807) is 29.2 Å². The van der Waals surface area contributed by atoms with Gasteiger partial charge in [0, 0.05) is 5.69 Å². The van der Waals surface area contributed by atoms with Crippen LogP contribution in [0.1, 0.15) is 17.9 Å². The molecule has 0 aromatic heterocycles. The number of carbonyl (C=O) groups is 1. The van der Waals surface area contributed by atoms with E-state index in [0.29, 0.717) is 28.8 Å². The molecule has 0 radical (unpaired) electrons. The fraction of sp³-hybridized carbons (Fsp3) is 0.235. The van der Waals surface area contributed by atoms with E-state index in [-0.39, 0.29) is 17.1 Å². The zero-order valence-electron chi connectivity index (χ0n) is 12.5. The van der Waals surface area contributed by atoms with Gasteiger partial charge in [0.05, 0.1) is 17.4 Å². The molecule has 120 valence electrons. The molecule has 1 aliphatic heterocycles. The average Bonchev–Trinajstić information content (AvgIpc) is 2.92. The molecule has 2 aromatic carbocycles. The van der Waals surface area contributed by atoms with Gasteiger partial charge in [0.2, 0.25) is 5.91 Å². The van der Waals surface area contributed by atoms with E-state index in [2.05, 4.69) is 0 Å². The summed E-state index contributed by atoms with van der Waals surface area (Å²) in [6, 6.07) is 11.5. The van der Waals surface area contributed by atoms with Gasteiger partial charge in [0.15, 0.2) is 0 Å². The third-order valence-corrected chi connectivity index (χ3v) is 5.02. The Labute approximate surface area is 143 Å². The Morgan fingerprint density at radius 2 is 2.04 bits per heavy atom. The normalized spacial score (nSPS) is 17.6. The molecule has 0 bridgehead atoms. The SMILES string of the molecule is CCOc1ccc(N2C(=O)CSC2c2ccc(F)cc2)cc1Cl. The summed E-state index contributed by atoms with van der Waals surface area (Å²) in [5, 5.41) is 0.281. The Kier molecular flexibility index (Phi) is 4.78. The minimum absolute atomic E-state index is 0.00421.